The first-order chi connectivity index (χ1) is 7.67. The third-order valence-corrected chi connectivity index (χ3v) is 3.31. The highest BCUT2D eigenvalue weighted by Gasteiger charge is 2.10. The van der Waals surface area contributed by atoms with Crippen molar-refractivity contribution in [2.45, 2.75) is 26.2 Å². The standard InChI is InChI=1S/C13H18N2O/c1-4-10(8-16)11-5-6-13-12(7-11)14-9(2)15(13)3/h5-7,10,16H,4,8H2,1-3H3. The molecule has 2 aromatic rings. The lowest BCUT2D eigenvalue weighted by Gasteiger charge is -2.11. The Labute approximate surface area is 95.7 Å². The predicted molar refractivity (Wildman–Crippen MR) is 65.6 cm³/mol. The zero-order chi connectivity index (χ0) is 11.7. The van der Waals surface area contributed by atoms with E-state index in [2.05, 4.69) is 34.7 Å². The van der Waals surface area contributed by atoms with Crippen molar-refractivity contribution in [3.05, 3.63) is 29.6 Å². The maximum Gasteiger partial charge on any atom is 0.106 e. The molecule has 0 aliphatic heterocycles. The van der Waals surface area contributed by atoms with Crippen LogP contribution in [0.25, 0.3) is 11.0 Å². The van der Waals surface area contributed by atoms with Crippen LogP contribution in [0.4, 0.5) is 0 Å². The minimum absolute atomic E-state index is 0.202. The Morgan fingerprint density at radius 1 is 1.44 bits per heavy atom. The summed E-state index contributed by atoms with van der Waals surface area (Å²) in [5.41, 5.74) is 3.34. The summed E-state index contributed by atoms with van der Waals surface area (Å²) >= 11 is 0. The Balaban J connectivity index is 2.52. The van der Waals surface area contributed by atoms with Gasteiger partial charge in [0.25, 0.3) is 0 Å². The van der Waals surface area contributed by atoms with Gasteiger partial charge in [-0.15, -0.1) is 0 Å². The maximum absolute atomic E-state index is 9.29. The van der Waals surface area contributed by atoms with E-state index in [1.54, 1.807) is 0 Å². The molecule has 1 aromatic carbocycles. The van der Waals surface area contributed by atoms with Crippen molar-refractivity contribution in [3.8, 4) is 0 Å². The first-order valence-corrected chi connectivity index (χ1v) is 5.71. The van der Waals surface area contributed by atoms with Crippen LogP contribution in [-0.2, 0) is 7.05 Å². The summed E-state index contributed by atoms with van der Waals surface area (Å²) < 4.78 is 2.08. The largest absolute Gasteiger partial charge is 0.396 e. The molecule has 0 bridgehead atoms. The van der Waals surface area contributed by atoms with E-state index in [9.17, 15) is 5.11 Å². The van der Waals surface area contributed by atoms with Crippen LogP contribution in [0.15, 0.2) is 18.2 Å². The van der Waals surface area contributed by atoms with Gasteiger partial charge in [0.05, 0.1) is 11.0 Å². The molecule has 1 heterocycles. The lowest BCUT2D eigenvalue weighted by Crippen LogP contribution is -2.02. The van der Waals surface area contributed by atoms with Gasteiger partial charge in [-0.05, 0) is 31.0 Å². The van der Waals surface area contributed by atoms with Gasteiger partial charge in [-0.25, -0.2) is 4.98 Å². The van der Waals surface area contributed by atoms with E-state index < -0.39 is 0 Å². The van der Waals surface area contributed by atoms with Crippen LogP contribution in [0.5, 0.6) is 0 Å². The van der Waals surface area contributed by atoms with Gasteiger partial charge in [0, 0.05) is 19.6 Å². The Hall–Kier alpha value is -1.35. The lowest BCUT2D eigenvalue weighted by molar-refractivity contribution is 0.262. The number of benzene rings is 1. The van der Waals surface area contributed by atoms with E-state index in [1.807, 2.05) is 14.0 Å². The molecule has 0 aliphatic carbocycles. The Bertz CT molecular complexity index is 498. The normalized spacial score (nSPS) is 13.2. The first kappa shape index (κ1) is 11.1. The van der Waals surface area contributed by atoms with Crippen molar-refractivity contribution in [3.63, 3.8) is 0 Å². The van der Waals surface area contributed by atoms with Crippen molar-refractivity contribution >= 4 is 11.0 Å². The second kappa shape index (κ2) is 4.26. The maximum atomic E-state index is 9.29. The van der Waals surface area contributed by atoms with Gasteiger partial charge in [-0.1, -0.05) is 13.0 Å². The van der Waals surface area contributed by atoms with Gasteiger partial charge < -0.3 is 9.67 Å². The van der Waals surface area contributed by atoms with E-state index in [1.165, 1.54) is 5.56 Å². The number of rotatable bonds is 3. The fourth-order valence-electron chi connectivity index (χ4n) is 2.06. The molecule has 0 amide bonds. The Kier molecular flexibility index (Phi) is 2.97. The summed E-state index contributed by atoms with van der Waals surface area (Å²) in [6.07, 6.45) is 0.952. The molecule has 3 nitrogen and oxygen atoms in total. The molecule has 1 N–H and O–H groups in total. The van der Waals surface area contributed by atoms with Crippen molar-refractivity contribution in [1.82, 2.24) is 9.55 Å². The van der Waals surface area contributed by atoms with Gasteiger partial charge >= 0.3 is 0 Å². The second-order valence-corrected chi connectivity index (χ2v) is 4.25. The van der Waals surface area contributed by atoms with Gasteiger partial charge in [0.1, 0.15) is 5.82 Å². The number of hydrogen-bond acceptors (Lipinski definition) is 2. The van der Waals surface area contributed by atoms with Crippen molar-refractivity contribution in [1.29, 1.82) is 0 Å². The van der Waals surface area contributed by atoms with E-state index in [4.69, 9.17) is 0 Å². The van der Waals surface area contributed by atoms with Crippen molar-refractivity contribution in [2.75, 3.05) is 6.61 Å². The van der Waals surface area contributed by atoms with Crippen LogP contribution in [0, 0.1) is 6.92 Å². The summed E-state index contributed by atoms with van der Waals surface area (Å²) in [5, 5.41) is 9.29. The average molecular weight is 218 g/mol. The van der Waals surface area contributed by atoms with E-state index in [0.717, 1.165) is 23.3 Å². The molecule has 3 heteroatoms. The summed E-state index contributed by atoms with van der Waals surface area (Å²) in [6.45, 7) is 4.30. The van der Waals surface area contributed by atoms with Crippen molar-refractivity contribution in [2.24, 2.45) is 7.05 Å². The number of aliphatic hydroxyl groups is 1. The highest BCUT2D eigenvalue weighted by Crippen LogP contribution is 2.23. The van der Waals surface area contributed by atoms with Crippen LogP contribution >= 0.6 is 0 Å². The highest BCUT2D eigenvalue weighted by atomic mass is 16.3. The quantitative estimate of drug-likeness (QED) is 0.858. The number of fused-ring (bicyclic) bond motifs is 1. The average Bonchev–Trinajstić information content (AvgIpc) is 2.56. The van der Waals surface area contributed by atoms with Gasteiger partial charge in [0.15, 0.2) is 0 Å². The molecule has 1 aromatic heterocycles. The first-order valence-electron chi connectivity index (χ1n) is 5.71. The molecule has 0 fully saturated rings. The van der Waals surface area contributed by atoms with E-state index in [-0.39, 0.29) is 12.5 Å². The molecule has 0 aliphatic rings. The number of aromatic nitrogens is 2. The minimum atomic E-state index is 0.202. The van der Waals surface area contributed by atoms with E-state index in [0.29, 0.717) is 0 Å². The zero-order valence-electron chi connectivity index (χ0n) is 10.1. The molecule has 0 spiro atoms. The fraction of sp³-hybridized carbons (Fsp3) is 0.462. The van der Waals surface area contributed by atoms with Gasteiger partial charge in [-0.2, -0.15) is 0 Å². The molecule has 86 valence electrons. The monoisotopic (exact) mass is 218 g/mol. The molecular weight excluding hydrogens is 200 g/mol. The summed E-state index contributed by atoms with van der Waals surface area (Å²) in [5.74, 6) is 1.25. The van der Waals surface area contributed by atoms with Crippen LogP contribution < -0.4 is 0 Å². The number of hydrogen-bond donors (Lipinski definition) is 1. The molecule has 16 heavy (non-hydrogen) atoms. The third kappa shape index (κ3) is 1.71. The predicted octanol–water partition coefficient (Wildman–Crippen LogP) is 2.37. The fourth-order valence-corrected chi connectivity index (χ4v) is 2.06. The van der Waals surface area contributed by atoms with Crippen LogP contribution in [0.2, 0.25) is 0 Å². The summed E-state index contributed by atoms with van der Waals surface area (Å²) in [7, 11) is 2.02. The molecule has 0 radical (unpaired) electrons. The van der Waals surface area contributed by atoms with Crippen LogP contribution in [-0.4, -0.2) is 21.3 Å². The summed E-state index contributed by atoms with van der Waals surface area (Å²) in [4.78, 5) is 4.51. The molecule has 1 unspecified atom stereocenters. The topological polar surface area (TPSA) is 38.1 Å². The van der Waals surface area contributed by atoms with Crippen LogP contribution in [0.1, 0.15) is 30.7 Å². The number of nitrogens with zero attached hydrogens (tertiary/aromatic N) is 2. The molecule has 0 saturated carbocycles. The minimum Gasteiger partial charge on any atom is -0.396 e. The smallest absolute Gasteiger partial charge is 0.106 e. The highest BCUT2D eigenvalue weighted by molar-refractivity contribution is 5.76. The Morgan fingerprint density at radius 2 is 2.19 bits per heavy atom. The zero-order valence-corrected chi connectivity index (χ0v) is 10.1. The molecule has 0 saturated heterocycles. The number of imidazole rings is 1. The second-order valence-electron chi connectivity index (χ2n) is 4.25. The van der Waals surface area contributed by atoms with Gasteiger partial charge in [0.2, 0.25) is 0 Å². The number of aliphatic hydroxyl groups excluding tert-OH is 1. The molecular formula is C13H18N2O. The number of aryl methyl sites for hydroxylation is 2. The molecule has 2 rings (SSSR count). The van der Waals surface area contributed by atoms with Crippen LogP contribution in [0.3, 0.4) is 0 Å². The van der Waals surface area contributed by atoms with E-state index >= 15 is 0 Å². The lowest BCUT2D eigenvalue weighted by atomic mass is 9.97. The SMILES string of the molecule is CCC(CO)c1ccc2c(c1)nc(C)n2C. The summed E-state index contributed by atoms with van der Waals surface area (Å²) in [6, 6.07) is 6.27. The Morgan fingerprint density at radius 3 is 2.81 bits per heavy atom. The van der Waals surface area contributed by atoms with Gasteiger partial charge in [-0.3, -0.25) is 0 Å². The molecule has 1 atom stereocenters. The third-order valence-electron chi connectivity index (χ3n) is 3.31. The van der Waals surface area contributed by atoms with Crippen molar-refractivity contribution < 1.29 is 5.11 Å².